The number of allylic oxidation sites excluding steroid dienone is 3. The van der Waals surface area contributed by atoms with Crippen LogP contribution >= 0.6 is 0 Å². The van der Waals surface area contributed by atoms with E-state index in [0.717, 1.165) is 28.0 Å². The van der Waals surface area contributed by atoms with Crippen LogP contribution in [0.25, 0.3) is 11.1 Å². The molecule has 2 aromatic rings. The minimum Gasteiger partial charge on any atom is -0.489 e. The highest BCUT2D eigenvalue weighted by molar-refractivity contribution is 5.77. The minimum atomic E-state index is -0.840. The van der Waals surface area contributed by atoms with Crippen molar-refractivity contribution in [3.05, 3.63) is 83.0 Å². The van der Waals surface area contributed by atoms with Crippen molar-refractivity contribution in [2.45, 2.75) is 59.7 Å². The normalized spacial score (nSPS) is 19.9. The fraction of sp³-hybridized carbons (Fsp3) is 0.400. The van der Waals surface area contributed by atoms with E-state index in [1.54, 1.807) is 38.1 Å². The van der Waals surface area contributed by atoms with Crippen LogP contribution in [-0.2, 0) is 16.1 Å². The van der Waals surface area contributed by atoms with Crippen LogP contribution in [0.15, 0.2) is 66.0 Å². The van der Waals surface area contributed by atoms with Crippen LogP contribution in [-0.4, -0.2) is 33.4 Å². The highest BCUT2D eigenvalue weighted by Gasteiger charge is 2.36. The van der Waals surface area contributed by atoms with Gasteiger partial charge in [-0.1, -0.05) is 25.6 Å². The third-order valence-corrected chi connectivity index (χ3v) is 6.52. The van der Waals surface area contributed by atoms with Crippen LogP contribution in [0.1, 0.15) is 51.8 Å². The van der Waals surface area contributed by atoms with Gasteiger partial charge in [0.05, 0.1) is 18.1 Å². The zero-order valence-electron chi connectivity index (χ0n) is 22.2. The fourth-order valence-corrected chi connectivity index (χ4v) is 4.56. The lowest BCUT2D eigenvalue weighted by atomic mass is 9.94. The molecule has 37 heavy (non-hydrogen) atoms. The van der Waals surface area contributed by atoms with Crippen molar-refractivity contribution >= 4 is 5.97 Å². The van der Waals surface area contributed by atoms with E-state index in [2.05, 4.69) is 11.6 Å². The molecule has 1 aromatic carbocycles. The number of hydrogen-bond acceptors (Lipinski definition) is 5. The van der Waals surface area contributed by atoms with E-state index < -0.39 is 23.3 Å². The number of aliphatic carboxylic acids is 1. The molecule has 2 atom stereocenters. The lowest BCUT2D eigenvalue weighted by molar-refractivity contribution is -0.141. The minimum absolute atomic E-state index is 0.0179. The smallest absolute Gasteiger partial charge is 0.311 e. The number of benzene rings is 1. The average molecular weight is 510 g/mol. The van der Waals surface area contributed by atoms with Gasteiger partial charge < -0.3 is 19.7 Å². The van der Waals surface area contributed by atoms with Crippen molar-refractivity contribution in [2.75, 3.05) is 6.61 Å². The van der Waals surface area contributed by atoms with Crippen LogP contribution in [0.2, 0.25) is 0 Å². The van der Waals surface area contributed by atoms with Gasteiger partial charge >= 0.3 is 5.97 Å². The molecule has 7 heteroatoms. The van der Waals surface area contributed by atoms with Gasteiger partial charge in [0.15, 0.2) is 0 Å². The molecule has 0 amide bonds. The molecule has 3 rings (SSSR count). The van der Waals surface area contributed by atoms with Crippen LogP contribution in [0.4, 0.5) is 4.39 Å². The summed E-state index contributed by atoms with van der Waals surface area (Å²) in [5, 5.41) is 19.4. The Kier molecular flexibility index (Phi) is 8.92. The summed E-state index contributed by atoms with van der Waals surface area (Å²) in [5.41, 5.74) is 3.58. The Balaban J connectivity index is 1.70. The van der Waals surface area contributed by atoms with Crippen molar-refractivity contribution < 1.29 is 28.9 Å². The second-order valence-corrected chi connectivity index (χ2v) is 10.2. The molecule has 1 fully saturated rings. The molecule has 0 saturated heterocycles. The number of aryl methyl sites for hydroxylation is 1. The summed E-state index contributed by atoms with van der Waals surface area (Å²) in [7, 11) is 0. The highest BCUT2D eigenvalue weighted by Crippen LogP contribution is 2.41. The van der Waals surface area contributed by atoms with Crippen LogP contribution < -0.4 is 4.74 Å². The number of carboxylic acids is 1. The Morgan fingerprint density at radius 3 is 2.65 bits per heavy atom. The molecule has 0 bridgehead atoms. The van der Waals surface area contributed by atoms with Crippen molar-refractivity contribution in [1.82, 2.24) is 4.98 Å². The van der Waals surface area contributed by atoms with E-state index in [4.69, 9.17) is 9.47 Å². The summed E-state index contributed by atoms with van der Waals surface area (Å²) in [6, 6.07) is 8.45. The van der Waals surface area contributed by atoms with Gasteiger partial charge in [0.1, 0.15) is 18.2 Å². The summed E-state index contributed by atoms with van der Waals surface area (Å²) in [6.07, 6.45) is 4.67. The van der Waals surface area contributed by atoms with Crippen molar-refractivity contribution in [3.63, 3.8) is 0 Å². The summed E-state index contributed by atoms with van der Waals surface area (Å²) >= 11 is 0. The predicted molar refractivity (Wildman–Crippen MR) is 141 cm³/mol. The fourth-order valence-electron chi connectivity index (χ4n) is 4.56. The standard InChI is InChI=1S/C30H36FNO5/c1-7-24-22(14-18(2)28(24)29(33)34)15-19(3)37-17-23-16-21(8-10-26(23)31)25-9-11-27(32-20(25)4)36-13-12-30(5,6)35/h7-11,15-16,18,28,35H,3,12-14,17H2,1-2,4-6H3,(H,33,34)/b22-15-,24-7+. The van der Waals surface area contributed by atoms with Gasteiger partial charge in [-0.05, 0) is 81.0 Å². The zero-order chi connectivity index (χ0) is 27.3. The first kappa shape index (κ1) is 28.1. The monoisotopic (exact) mass is 509 g/mol. The number of halogens is 1. The molecular weight excluding hydrogens is 473 g/mol. The quantitative estimate of drug-likeness (QED) is 0.361. The van der Waals surface area contributed by atoms with E-state index in [1.807, 2.05) is 32.9 Å². The number of carbonyl (C=O) groups is 1. The number of pyridine rings is 1. The Hall–Kier alpha value is -3.45. The molecule has 1 aliphatic rings. The number of rotatable bonds is 10. The largest absolute Gasteiger partial charge is 0.489 e. The molecule has 6 nitrogen and oxygen atoms in total. The molecule has 0 spiro atoms. The molecule has 1 aliphatic carbocycles. The third-order valence-electron chi connectivity index (χ3n) is 6.52. The maximum absolute atomic E-state index is 14.6. The van der Waals surface area contributed by atoms with E-state index in [0.29, 0.717) is 36.7 Å². The van der Waals surface area contributed by atoms with Crippen LogP contribution in [0.5, 0.6) is 5.88 Å². The molecule has 2 unspecified atom stereocenters. The predicted octanol–water partition coefficient (Wildman–Crippen LogP) is 6.38. The Morgan fingerprint density at radius 2 is 2.03 bits per heavy atom. The lowest BCUT2D eigenvalue weighted by Crippen LogP contribution is -2.22. The highest BCUT2D eigenvalue weighted by atomic mass is 19.1. The second-order valence-electron chi connectivity index (χ2n) is 10.2. The maximum atomic E-state index is 14.6. The van der Waals surface area contributed by atoms with E-state index in [1.165, 1.54) is 6.07 Å². The molecule has 2 N–H and O–H groups in total. The summed E-state index contributed by atoms with van der Waals surface area (Å²) in [4.78, 5) is 16.1. The SMILES string of the molecule is C=C(/C=C1/CC(C)C(C(=O)O)/C1=C/C)OCc1cc(-c2ccc(OCCC(C)(C)O)nc2C)ccc1F. The van der Waals surface area contributed by atoms with Crippen LogP contribution in [0, 0.1) is 24.6 Å². The van der Waals surface area contributed by atoms with E-state index in [-0.39, 0.29) is 12.5 Å². The first-order valence-corrected chi connectivity index (χ1v) is 12.4. The summed E-state index contributed by atoms with van der Waals surface area (Å²) in [5.74, 6) is -0.987. The number of carboxylic acid groups (broad SMARTS) is 1. The molecular formula is C30H36FNO5. The Morgan fingerprint density at radius 1 is 1.30 bits per heavy atom. The number of ether oxygens (including phenoxy) is 2. The Labute approximate surface area is 218 Å². The molecule has 198 valence electrons. The Bertz CT molecular complexity index is 1220. The third kappa shape index (κ3) is 7.29. The first-order chi connectivity index (χ1) is 17.4. The van der Waals surface area contributed by atoms with Crippen molar-refractivity contribution in [3.8, 4) is 17.0 Å². The molecule has 0 radical (unpaired) electrons. The number of hydrogen-bond donors (Lipinski definition) is 2. The van der Waals surface area contributed by atoms with Crippen molar-refractivity contribution in [2.24, 2.45) is 11.8 Å². The molecule has 0 aliphatic heterocycles. The van der Waals surface area contributed by atoms with Gasteiger partial charge in [-0.25, -0.2) is 9.37 Å². The van der Waals surface area contributed by atoms with Gasteiger partial charge in [-0.2, -0.15) is 0 Å². The number of nitrogens with zero attached hydrogens (tertiary/aromatic N) is 1. The first-order valence-electron chi connectivity index (χ1n) is 12.4. The van der Waals surface area contributed by atoms with E-state index >= 15 is 0 Å². The van der Waals surface area contributed by atoms with Gasteiger partial charge in [-0.3, -0.25) is 4.79 Å². The van der Waals surface area contributed by atoms with Crippen LogP contribution in [0.3, 0.4) is 0 Å². The summed E-state index contributed by atoms with van der Waals surface area (Å²) < 4.78 is 26.0. The molecule has 1 aromatic heterocycles. The van der Waals surface area contributed by atoms with Gasteiger partial charge in [0.2, 0.25) is 5.88 Å². The maximum Gasteiger partial charge on any atom is 0.311 e. The molecule has 1 saturated carbocycles. The number of aromatic nitrogens is 1. The van der Waals surface area contributed by atoms with Gasteiger partial charge in [-0.15, -0.1) is 0 Å². The van der Waals surface area contributed by atoms with E-state index in [9.17, 15) is 19.4 Å². The zero-order valence-corrected chi connectivity index (χ0v) is 22.2. The van der Waals surface area contributed by atoms with Gasteiger partial charge in [0.25, 0.3) is 0 Å². The van der Waals surface area contributed by atoms with Gasteiger partial charge in [0, 0.05) is 29.3 Å². The lowest BCUT2D eigenvalue weighted by Gasteiger charge is -2.17. The molecule has 1 heterocycles. The second kappa shape index (κ2) is 11.7. The van der Waals surface area contributed by atoms with Crippen molar-refractivity contribution in [1.29, 1.82) is 0 Å². The summed E-state index contributed by atoms with van der Waals surface area (Å²) in [6.45, 7) is 13.3. The number of aliphatic hydroxyl groups is 1. The topological polar surface area (TPSA) is 88.9 Å². The average Bonchev–Trinajstić information content (AvgIpc) is 3.12.